The Kier molecular flexibility index (Phi) is 7.89. The van der Waals surface area contributed by atoms with Gasteiger partial charge in [0.2, 0.25) is 0 Å². The first kappa shape index (κ1) is 11.7. The molecule has 0 unspecified atom stereocenters. The van der Waals surface area contributed by atoms with Crippen LogP contribution in [0.2, 0.25) is 0 Å². The van der Waals surface area contributed by atoms with E-state index in [1.54, 1.807) is 0 Å². The first-order valence-corrected chi connectivity index (χ1v) is 2.10. The summed E-state index contributed by atoms with van der Waals surface area (Å²) in [6.45, 7) is 3.07. The van der Waals surface area contributed by atoms with Gasteiger partial charge in [-0.15, -0.1) is 0 Å². The van der Waals surface area contributed by atoms with Gasteiger partial charge in [0.1, 0.15) is 11.4 Å². The van der Waals surface area contributed by atoms with Crippen molar-refractivity contribution in [1.29, 1.82) is 0 Å². The minimum absolute atomic E-state index is 0. The normalized spacial score (nSPS) is 12.7. The fourth-order valence-corrected chi connectivity index (χ4v) is 0.145. The van der Waals surface area contributed by atoms with Crippen LogP contribution in [0, 0.1) is 0 Å². The summed E-state index contributed by atoms with van der Waals surface area (Å²) in [5, 5.41) is 21.6. The van der Waals surface area contributed by atoms with Crippen molar-refractivity contribution in [2.75, 3.05) is 0 Å². The zero-order valence-corrected chi connectivity index (χ0v) is 7.79. The fraction of sp³-hybridized carbons (Fsp3) is 0.500. The molecule has 0 amide bonds. The van der Waals surface area contributed by atoms with E-state index in [-0.39, 0.29) is 29.6 Å². The molecule has 0 saturated carbocycles. The third kappa shape index (κ3) is 4.44. The van der Waals surface area contributed by atoms with Gasteiger partial charge in [-0.3, -0.25) is 0 Å². The number of oxime groups is 2. The van der Waals surface area contributed by atoms with E-state index >= 15 is 0 Å². The Morgan fingerprint density at radius 3 is 1.33 bits per heavy atom. The van der Waals surface area contributed by atoms with Gasteiger partial charge in [0.15, 0.2) is 0 Å². The molecule has 0 bridgehead atoms. The van der Waals surface area contributed by atoms with Crippen LogP contribution >= 0.6 is 0 Å². The quantitative estimate of drug-likeness (QED) is 0.185. The topological polar surface area (TPSA) is 65.2 Å². The van der Waals surface area contributed by atoms with Gasteiger partial charge in [0.25, 0.3) is 0 Å². The minimum atomic E-state index is 0. The molecule has 2 N–H and O–H groups in total. The third-order valence-electron chi connectivity index (χ3n) is 0.824. The first-order chi connectivity index (χ1) is 3.72. The monoisotopic (exact) mass is 139 g/mol. The molecule has 0 aromatic rings. The van der Waals surface area contributed by atoms with E-state index in [9.17, 15) is 0 Å². The van der Waals surface area contributed by atoms with E-state index < -0.39 is 0 Å². The van der Waals surface area contributed by atoms with Crippen molar-refractivity contribution in [3.05, 3.63) is 0 Å². The van der Waals surface area contributed by atoms with E-state index in [0.29, 0.717) is 11.4 Å². The molecule has 0 fully saturated rings. The van der Waals surface area contributed by atoms with Crippen LogP contribution in [0.25, 0.3) is 0 Å². The molecular weight excluding hydrogens is 131 g/mol. The Balaban J connectivity index is 0. The summed E-state index contributed by atoms with van der Waals surface area (Å²) in [6.07, 6.45) is 0. The van der Waals surface area contributed by atoms with Gasteiger partial charge in [-0.2, -0.15) is 0 Å². The Morgan fingerprint density at radius 1 is 1.00 bits per heavy atom. The molecule has 0 radical (unpaired) electrons. The van der Waals surface area contributed by atoms with Gasteiger partial charge >= 0.3 is 29.6 Å². The number of hydrogen-bond donors (Lipinski definition) is 2. The summed E-state index contributed by atoms with van der Waals surface area (Å²) in [5.41, 5.74) is 0.625. The molecule has 0 aliphatic carbocycles. The molecule has 4 nitrogen and oxygen atoms in total. The zero-order valence-electron chi connectivity index (χ0n) is 5.79. The smallest absolute Gasteiger partial charge is 0.411 e. The van der Waals surface area contributed by atoms with Crippen LogP contribution in [-0.2, 0) is 0 Å². The molecule has 0 aromatic heterocycles. The van der Waals surface area contributed by atoms with Crippen molar-refractivity contribution in [1.82, 2.24) is 0 Å². The maximum atomic E-state index is 8.03. The van der Waals surface area contributed by atoms with Crippen LogP contribution in [0.5, 0.6) is 0 Å². The van der Waals surface area contributed by atoms with Crippen molar-refractivity contribution in [2.45, 2.75) is 13.8 Å². The van der Waals surface area contributed by atoms with Crippen molar-refractivity contribution in [3.8, 4) is 0 Å². The molecule has 0 atom stereocenters. The minimum Gasteiger partial charge on any atom is -0.411 e. The van der Waals surface area contributed by atoms with Crippen LogP contribution in [0.1, 0.15) is 13.8 Å². The fourth-order valence-electron chi connectivity index (χ4n) is 0.145. The van der Waals surface area contributed by atoms with E-state index in [1.807, 2.05) is 0 Å². The summed E-state index contributed by atoms with van der Waals surface area (Å²) in [7, 11) is 0. The van der Waals surface area contributed by atoms with Gasteiger partial charge in [-0.05, 0) is 13.8 Å². The summed E-state index contributed by atoms with van der Waals surface area (Å²) in [4.78, 5) is 0. The van der Waals surface area contributed by atoms with Gasteiger partial charge < -0.3 is 10.4 Å². The van der Waals surface area contributed by atoms with E-state index in [2.05, 4.69) is 10.3 Å². The maximum absolute atomic E-state index is 8.03. The molecule has 0 aliphatic heterocycles. The van der Waals surface area contributed by atoms with Gasteiger partial charge in [0, 0.05) is 0 Å². The third-order valence-corrected chi connectivity index (χ3v) is 0.824. The molecule has 0 aromatic carbocycles. The molecule has 5 heteroatoms. The second-order valence-electron chi connectivity index (χ2n) is 1.37. The van der Waals surface area contributed by atoms with Crippen LogP contribution in [0.3, 0.4) is 0 Å². The van der Waals surface area contributed by atoms with Gasteiger partial charge in [-0.1, -0.05) is 10.3 Å². The number of hydrogen-bond acceptors (Lipinski definition) is 4. The van der Waals surface area contributed by atoms with Crippen LogP contribution < -0.4 is 29.6 Å². The summed E-state index contributed by atoms with van der Waals surface area (Å²) < 4.78 is 0. The average molecular weight is 139 g/mol. The molecule has 0 spiro atoms. The second kappa shape index (κ2) is 6.07. The molecule has 46 valence electrons. The zero-order chi connectivity index (χ0) is 6.57. The largest absolute Gasteiger partial charge is 1.00 e. The molecule has 0 rings (SSSR count). The average Bonchev–Trinajstić information content (AvgIpc) is 1.84. The Hall–Kier alpha value is -0.0600. The standard InChI is InChI=1S/C4H8N2O2.Na/c1-3(5-7)4(2)6-8;/h7-8H,1-2H3;/q;+1/b5-3+,6-4+;. The second-order valence-corrected chi connectivity index (χ2v) is 1.37. The first-order valence-electron chi connectivity index (χ1n) is 2.10. The maximum Gasteiger partial charge on any atom is 1.00 e. The van der Waals surface area contributed by atoms with E-state index in [1.165, 1.54) is 13.8 Å². The van der Waals surface area contributed by atoms with E-state index in [0.717, 1.165) is 0 Å². The Morgan fingerprint density at radius 2 is 1.22 bits per heavy atom. The molecule has 0 heterocycles. The Bertz CT molecular complexity index is 117. The predicted molar refractivity (Wildman–Crippen MR) is 29.8 cm³/mol. The van der Waals surface area contributed by atoms with Gasteiger partial charge in [0.05, 0.1) is 0 Å². The van der Waals surface area contributed by atoms with Gasteiger partial charge in [-0.25, -0.2) is 0 Å². The molecule has 0 aliphatic rings. The molecule has 0 saturated heterocycles. The number of nitrogens with zero attached hydrogens (tertiary/aromatic N) is 2. The van der Waals surface area contributed by atoms with Crippen LogP contribution in [0.15, 0.2) is 10.3 Å². The van der Waals surface area contributed by atoms with Crippen molar-refractivity contribution in [2.24, 2.45) is 10.3 Å². The summed E-state index contributed by atoms with van der Waals surface area (Å²) >= 11 is 0. The molecular formula is C4H8N2NaO2+. The summed E-state index contributed by atoms with van der Waals surface area (Å²) in [5.74, 6) is 0. The predicted octanol–water partition coefficient (Wildman–Crippen LogP) is -2.31. The van der Waals surface area contributed by atoms with Crippen LogP contribution in [-0.4, -0.2) is 21.8 Å². The summed E-state index contributed by atoms with van der Waals surface area (Å²) in [6, 6.07) is 0. The van der Waals surface area contributed by atoms with Crippen molar-refractivity contribution in [3.63, 3.8) is 0 Å². The Labute approximate surface area is 75.5 Å². The van der Waals surface area contributed by atoms with E-state index in [4.69, 9.17) is 10.4 Å². The van der Waals surface area contributed by atoms with Crippen molar-refractivity contribution >= 4 is 11.4 Å². The van der Waals surface area contributed by atoms with Crippen LogP contribution in [0.4, 0.5) is 0 Å². The number of rotatable bonds is 1. The molecule has 9 heavy (non-hydrogen) atoms. The SMILES string of the molecule is CC(=N\O)/C(C)=N/O.[Na+]. The van der Waals surface area contributed by atoms with Crippen molar-refractivity contribution < 1.29 is 40.0 Å².